The van der Waals surface area contributed by atoms with Crippen LogP contribution in [0.5, 0.6) is 0 Å². The minimum atomic E-state index is 0.449. The van der Waals surface area contributed by atoms with E-state index in [4.69, 9.17) is 10.2 Å². The molecule has 2 rings (SSSR count). The molecule has 0 saturated heterocycles. The maximum Gasteiger partial charge on any atom is 0.134 e. The van der Waals surface area contributed by atoms with Crippen molar-refractivity contribution in [2.45, 2.75) is 20.4 Å². The van der Waals surface area contributed by atoms with Crippen molar-refractivity contribution in [2.24, 2.45) is 5.73 Å². The van der Waals surface area contributed by atoms with Gasteiger partial charge in [-0.05, 0) is 37.1 Å². The Hall–Kier alpha value is -0.800. The highest BCUT2D eigenvalue weighted by atomic mass is 79.9. The Morgan fingerprint density at radius 2 is 2.07 bits per heavy atom. The number of aryl methyl sites for hydroxylation is 2. The predicted octanol–water partition coefficient (Wildman–Crippen LogP) is 3.27. The zero-order valence-corrected chi connectivity index (χ0v) is 9.81. The van der Waals surface area contributed by atoms with Gasteiger partial charge in [-0.3, -0.25) is 0 Å². The molecule has 0 aliphatic heterocycles. The topological polar surface area (TPSA) is 39.2 Å². The third-order valence-electron chi connectivity index (χ3n) is 2.44. The van der Waals surface area contributed by atoms with Crippen LogP contribution in [0.4, 0.5) is 0 Å². The average Bonchev–Trinajstić information content (AvgIpc) is 2.57. The SMILES string of the molecule is Cc1cc2oc(CN)cc2c(C)c1Br. The van der Waals surface area contributed by atoms with Crippen molar-refractivity contribution < 1.29 is 4.42 Å². The summed E-state index contributed by atoms with van der Waals surface area (Å²) in [4.78, 5) is 0. The van der Waals surface area contributed by atoms with E-state index in [2.05, 4.69) is 29.8 Å². The zero-order chi connectivity index (χ0) is 10.3. The second-order valence-electron chi connectivity index (χ2n) is 3.46. The summed E-state index contributed by atoms with van der Waals surface area (Å²) in [7, 11) is 0. The van der Waals surface area contributed by atoms with Crippen LogP contribution in [-0.2, 0) is 6.54 Å². The number of hydrogen-bond acceptors (Lipinski definition) is 2. The number of furan rings is 1. The molecule has 0 spiro atoms. The summed E-state index contributed by atoms with van der Waals surface area (Å²) in [5, 5.41) is 1.14. The summed E-state index contributed by atoms with van der Waals surface area (Å²) in [5.74, 6) is 0.834. The van der Waals surface area contributed by atoms with Crippen LogP contribution >= 0.6 is 15.9 Å². The van der Waals surface area contributed by atoms with E-state index in [9.17, 15) is 0 Å². The summed E-state index contributed by atoms with van der Waals surface area (Å²) in [6.45, 7) is 4.58. The largest absolute Gasteiger partial charge is 0.460 e. The number of halogens is 1. The van der Waals surface area contributed by atoms with Gasteiger partial charge in [-0.2, -0.15) is 0 Å². The first-order chi connectivity index (χ1) is 6.63. The van der Waals surface area contributed by atoms with Crippen molar-refractivity contribution >= 4 is 26.9 Å². The molecule has 0 aliphatic carbocycles. The van der Waals surface area contributed by atoms with Crippen molar-refractivity contribution in [3.63, 3.8) is 0 Å². The van der Waals surface area contributed by atoms with E-state index in [1.807, 2.05) is 12.1 Å². The fourth-order valence-electron chi connectivity index (χ4n) is 1.63. The van der Waals surface area contributed by atoms with E-state index < -0.39 is 0 Å². The lowest BCUT2D eigenvalue weighted by Gasteiger charge is -2.02. The molecule has 1 heterocycles. The summed E-state index contributed by atoms with van der Waals surface area (Å²) in [6, 6.07) is 4.04. The fraction of sp³-hybridized carbons (Fsp3) is 0.273. The van der Waals surface area contributed by atoms with Crippen LogP contribution in [0.2, 0.25) is 0 Å². The van der Waals surface area contributed by atoms with Crippen LogP contribution in [0.15, 0.2) is 21.0 Å². The molecule has 0 bridgehead atoms. The Morgan fingerprint density at radius 1 is 1.36 bits per heavy atom. The summed E-state index contributed by atoms with van der Waals surface area (Å²) in [5.41, 5.74) is 8.85. The normalized spacial score (nSPS) is 11.1. The third kappa shape index (κ3) is 1.37. The molecule has 2 aromatic rings. The lowest BCUT2D eigenvalue weighted by atomic mass is 10.1. The van der Waals surface area contributed by atoms with Crippen LogP contribution in [-0.4, -0.2) is 0 Å². The van der Waals surface area contributed by atoms with Gasteiger partial charge in [0, 0.05) is 9.86 Å². The molecular formula is C11H12BrNO. The van der Waals surface area contributed by atoms with Gasteiger partial charge in [0.15, 0.2) is 0 Å². The van der Waals surface area contributed by atoms with Crippen molar-refractivity contribution in [1.82, 2.24) is 0 Å². The van der Waals surface area contributed by atoms with E-state index in [1.54, 1.807) is 0 Å². The van der Waals surface area contributed by atoms with Crippen LogP contribution < -0.4 is 5.73 Å². The number of hydrogen-bond donors (Lipinski definition) is 1. The van der Waals surface area contributed by atoms with Crippen LogP contribution in [0.1, 0.15) is 16.9 Å². The first kappa shape index (κ1) is 9.74. The van der Waals surface area contributed by atoms with E-state index in [0.29, 0.717) is 6.54 Å². The highest BCUT2D eigenvalue weighted by Gasteiger charge is 2.09. The van der Waals surface area contributed by atoms with Gasteiger partial charge in [0.1, 0.15) is 11.3 Å². The second kappa shape index (κ2) is 3.41. The molecule has 0 amide bonds. The maximum atomic E-state index is 5.59. The Morgan fingerprint density at radius 3 is 2.71 bits per heavy atom. The van der Waals surface area contributed by atoms with E-state index in [1.165, 1.54) is 11.1 Å². The van der Waals surface area contributed by atoms with Crippen molar-refractivity contribution in [3.05, 3.63) is 33.5 Å². The molecule has 0 atom stereocenters. The van der Waals surface area contributed by atoms with Gasteiger partial charge in [0.05, 0.1) is 6.54 Å². The Bertz CT molecular complexity index is 487. The standard InChI is InChI=1S/C11H12BrNO/c1-6-3-10-9(7(2)11(6)12)4-8(5-13)14-10/h3-4H,5,13H2,1-2H3. The van der Waals surface area contributed by atoms with Crippen LogP contribution in [0.3, 0.4) is 0 Å². The molecule has 1 aromatic heterocycles. The molecule has 3 heteroatoms. The van der Waals surface area contributed by atoms with Gasteiger partial charge in [-0.25, -0.2) is 0 Å². The summed E-state index contributed by atoms with van der Waals surface area (Å²) < 4.78 is 6.74. The monoisotopic (exact) mass is 253 g/mol. The molecule has 0 saturated carbocycles. The summed E-state index contributed by atoms with van der Waals surface area (Å²) in [6.07, 6.45) is 0. The molecule has 0 radical (unpaired) electrons. The van der Waals surface area contributed by atoms with E-state index >= 15 is 0 Å². The molecule has 0 aliphatic rings. The molecule has 14 heavy (non-hydrogen) atoms. The molecule has 2 nitrogen and oxygen atoms in total. The first-order valence-corrected chi connectivity index (χ1v) is 5.31. The maximum absolute atomic E-state index is 5.59. The first-order valence-electron chi connectivity index (χ1n) is 4.51. The molecule has 2 N–H and O–H groups in total. The Labute approximate surface area is 91.2 Å². The lowest BCUT2D eigenvalue weighted by molar-refractivity contribution is 0.552. The number of nitrogens with two attached hydrogens (primary N) is 1. The van der Waals surface area contributed by atoms with Crippen molar-refractivity contribution in [1.29, 1.82) is 0 Å². The van der Waals surface area contributed by atoms with Crippen LogP contribution in [0, 0.1) is 13.8 Å². The number of rotatable bonds is 1. The predicted molar refractivity (Wildman–Crippen MR) is 61.3 cm³/mol. The average molecular weight is 254 g/mol. The van der Waals surface area contributed by atoms with Gasteiger partial charge in [0.25, 0.3) is 0 Å². The minimum absolute atomic E-state index is 0.449. The second-order valence-corrected chi connectivity index (χ2v) is 4.25. The molecule has 0 fully saturated rings. The minimum Gasteiger partial charge on any atom is -0.460 e. The quantitative estimate of drug-likeness (QED) is 0.848. The van der Waals surface area contributed by atoms with Gasteiger partial charge in [-0.1, -0.05) is 15.9 Å². The Kier molecular flexibility index (Phi) is 2.37. The lowest BCUT2D eigenvalue weighted by Crippen LogP contribution is -1.92. The van der Waals surface area contributed by atoms with E-state index in [-0.39, 0.29) is 0 Å². The zero-order valence-electron chi connectivity index (χ0n) is 8.23. The number of benzene rings is 1. The molecular weight excluding hydrogens is 242 g/mol. The smallest absolute Gasteiger partial charge is 0.134 e. The van der Waals surface area contributed by atoms with E-state index in [0.717, 1.165) is 21.2 Å². The summed E-state index contributed by atoms with van der Waals surface area (Å²) >= 11 is 3.56. The van der Waals surface area contributed by atoms with Gasteiger partial charge < -0.3 is 10.2 Å². The van der Waals surface area contributed by atoms with Crippen molar-refractivity contribution in [3.8, 4) is 0 Å². The van der Waals surface area contributed by atoms with Gasteiger partial charge in [0.2, 0.25) is 0 Å². The Balaban J connectivity index is 2.81. The highest BCUT2D eigenvalue weighted by molar-refractivity contribution is 9.10. The highest BCUT2D eigenvalue weighted by Crippen LogP contribution is 2.31. The fourth-order valence-corrected chi connectivity index (χ4v) is 1.96. The van der Waals surface area contributed by atoms with Gasteiger partial charge >= 0.3 is 0 Å². The van der Waals surface area contributed by atoms with Crippen LogP contribution in [0.25, 0.3) is 11.0 Å². The van der Waals surface area contributed by atoms with Crippen molar-refractivity contribution in [2.75, 3.05) is 0 Å². The third-order valence-corrected chi connectivity index (χ3v) is 3.66. The number of fused-ring (bicyclic) bond motifs is 1. The molecule has 74 valence electrons. The molecule has 1 aromatic carbocycles. The molecule has 0 unspecified atom stereocenters. The van der Waals surface area contributed by atoms with Gasteiger partial charge in [-0.15, -0.1) is 0 Å².